The predicted molar refractivity (Wildman–Crippen MR) is 53.7 cm³/mol. The number of aryl methyl sites for hydroxylation is 1. The lowest BCUT2D eigenvalue weighted by atomic mass is 10.4. The zero-order valence-electron chi connectivity index (χ0n) is 8.18. The number of ether oxygens (including phenoxy) is 1. The molecule has 0 saturated heterocycles. The first kappa shape index (κ1) is 9.85. The normalized spacial score (nSPS) is 10.3. The molecule has 0 unspecified atom stereocenters. The number of thiophene rings is 1. The summed E-state index contributed by atoms with van der Waals surface area (Å²) in [5.74, 6) is 0.636. The SMILES string of the molecule is COC(=O)c1ccc(-c2noc(C)n2)s1. The van der Waals surface area contributed by atoms with Crippen LogP contribution in [0.25, 0.3) is 10.7 Å². The Morgan fingerprint density at radius 3 is 2.93 bits per heavy atom. The highest BCUT2D eigenvalue weighted by Gasteiger charge is 2.13. The van der Waals surface area contributed by atoms with Crippen molar-refractivity contribution in [2.24, 2.45) is 0 Å². The number of esters is 1. The van der Waals surface area contributed by atoms with Gasteiger partial charge in [-0.3, -0.25) is 0 Å². The van der Waals surface area contributed by atoms with Crippen molar-refractivity contribution in [2.45, 2.75) is 6.92 Å². The topological polar surface area (TPSA) is 65.2 Å². The van der Waals surface area contributed by atoms with E-state index in [0.29, 0.717) is 16.6 Å². The van der Waals surface area contributed by atoms with Gasteiger partial charge in [-0.15, -0.1) is 11.3 Å². The molecule has 2 aromatic heterocycles. The fraction of sp³-hybridized carbons (Fsp3) is 0.222. The smallest absolute Gasteiger partial charge is 0.348 e. The zero-order chi connectivity index (χ0) is 10.8. The number of aromatic nitrogens is 2. The molecule has 2 heterocycles. The molecular formula is C9H8N2O3S. The van der Waals surface area contributed by atoms with Gasteiger partial charge in [0.1, 0.15) is 4.88 Å². The lowest BCUT2D eigenvalue weighted by molar-refractivity contribution is 0.0606. The number of methoxy groups -OCH3 is 1. The van der Waals surface area contributed by atoms with Gasteiger partial charge in [-0.25, -0.2) is 4.79 Å². The van der Waals surface area contributed by atoms with Gasteiger partial charge in [0.25, 0.3) is 0 Å². The Kier molecular flexibility index (Phi) is 2.51. The molecule has 0 atom stereocenters. The van der Waals surface area contributed by atoms with Gasteiger partial charge >= 0.3 is 5.97 Å². The molecule has 0 radical (unpaired) electrons. The molecule has 0 saturated carbocycles. The van der Waals surface area contributed by atoms with E-state index in [4.69, 9.17) is 4.52 Å². The standard InChI is InChI=1S/C9H8N2O3S/c1-5-10-8(11-14-5)6-3-4-7(15-6)9(12)13-2/h3-4H,1-2H3. The average Bonchev–Trinajstić information content (AvgIpc) is 2.84. The Bertz CT molecular complexity index is 489. The van der Waals surface area contributed by atoms with Crippen LogP contribution in [0.15, 0.2) is 16.7 Å². The third-order valence-corrected chi connectivity index (χ3v) is 2.80. The predicted octanol–water partition coefficient (Wildman–Crippen LogP) is 1.89. The van der Waals surface area contributed by atoms with E-state index in [-0.39, 0.29) is 5.97 Å². The fourth-order valence-corrected chi connectivity index (χ4v) is 1.92. The van der Waals surface area contributed by atoms with Crippen LogP contribution in [0.5, 0.6) is 0 Å². The molecular weight excluding hydrogens is 216 g/mol. The van der Waals surface area contributed by atoms with Crippen LogP contribution in [-0.4, -0.2) is 23.2 Å². The van der Waals surface area contributed by atoms with Crippen molar-refractivity contribution in [1.29, 1.82) is 0 Å². The Labute approximate surface area is 89.7 Å². The van der Waals surface area contributed by atoms with Crippen LogP contribution < -0.4 is 0 Å². The number of rotatable bonds is 2. The lowest BCUT2D eigenvalue weighted by Gasteiger charge is -1.91. The van der Waals surface area contributed by atoms with Crippen LogP contribution in [0.2, 0.25) is 0 Å². The largest absolute Gasteiger partial charge is 0.465 e. The first-order chi connectivity index (χ1) is 7.20. The van der Waals surface area contributed by atoms with Gasteiger partial charge in [0.05, 0.1) is 12.0 Å². The monoisotopic (exact) mass is 224 g/mol. The highest BCUT2D eigenvalue weighted by atomic mass is 32.1. The molecule has 0 fully saturated rings. The van der Waals surface area contributed by atoms with Crippen molar-refractivity contribution in [3.63, 3.8) is 0 Å². The van der Waals surface area contributed by atoms with E-state index >= 15 is 0 Å². The molecule has 0 aliphatic carbocycles. The molecule has 6 heteroatoms. The van der Waals surface area contributed by atoms with Crippen molar-refractivity contribution >= 4 is 17.3 Å². The van der Waals surface area contributed by atoms with E-state index in [9.17, 15) is 4.79 Å². The molecule has 78 valence electrons. The molecule has 0 aliphatic heterocycles. The molecule has 0 bridgehead atoms. The zero-order valence-corrected chi connectivity index (χ0v) is 9.00. The first-order valence-corrected chi connectivity index (χ1v) is 5.01. The van der Waals surface area contributed by atoms with Crippen LogP contribution in [-0.2, 0) is 4.74 Å². The Hall–Kier alpha value is -1.69. The molecule has 0 N–H and O–H groups in total. The fourth-order valence-electron chi connectivity index (χ4n) is 1.07. The minimum Gasteiger partial charge on any atom is -0.465 e. The molecule has 5 nitrogen and oxygen atoms in total. The minimum absolute atomic E-state index is 0.355. The number of carbonyl (C=O) groups excluding carboxylic acids is 1. The Balaban J connectivity index is 2.31. The molecule has 2 aromatic rings. The van der Waals surface area contributed by atoms with Crippen molar-refractivity contribution in [3.05, 3.63) is 22.9 Å². The van der Waals surface area contributed by atoms with Crippen LogP contribution >= 0.6 is 11.3 Å². The summed E-state index contributed by atoms with van der Waals surface area (Å²) in [6, 6.07) is 3.44. The van der Waals surface area contributed by atoms with Crippen LogP contribution in [0.1, 0.15) is 15.6 Å². The van der Waals surface area contributed by atoms with E-state index in [0.717, 1.165) is 4.88 Å². The molecule has 15 heavy (non-hydrogen) atoms. The van der Waals surface area contributed by atoms with E-state index in [2.05, 4.69) is 14.9 Å². The summed E-state index contributed by atoms with van der Waals surface area (Å²) in [7, 11) is 1.35. The van der Waals surface area contributed by atoms with E-state index < -0.39 is 0 Å². The van der Waals surface area contributed by atoms with Crippen LogP contribution in [0.4, 0.5) is 0 Å². The first-order valence-electron chi connectivity index (χ1n) is 4.19. The van der Waals surface area contributed by atoms with Gasteiger partial charge in [-0.05, 0) is 12.1 Å². The minimum atomic E-state index is -0.355. The summed E-state index contributed by atoms with van der Waals surface area (Å²) in [5.41, 5.74) is 0. The van der Waals surface area contributed by atoms with Gasteiger partial charge in [-0.2, -0.15) is 4.98 Å². The third kappa shape index (κ3) is 1.89. The Morgan fingerprint density at radius 1 is 1.53 bits per heavy atom. The van der Waals surface area contributed by atoms with Gasteiger partial charge in [0, 0.05) is 6.92 Å². The molecule has 0 amide bonds. The number of carbonyl (C=O) groups is 1. The maximum atomic E-state index is 11.2. The molecule has 2 rings (SSSR count). The molecule has 0 aliphatic rings. The van der Waals surface area contributed by atoms with E-state index in [1.54, 1.807) is 19.1 Å². The summed E-state index contributed by atoms with van der Waals surface area (Å²) in [4.78, 5) is 16.6. The summed E-state index contributed by atoms with van der Waals surface area (Å²) >= 11 is 1.27. The van der Waals surface area contributed by atoms with Gasteiger partial charge in [-0.1, -0.05) is 5.16 Å². The van der Waals surface area contributed by atoms with Gasteiger partial charge in [0.15, 0.2) is 0 Å². The third-order valence-electron chi connectivity index (χ3n) is 1.74. The number of hydrogen-bond donors (Lipinski definition) is 0. The number of hydrogen-bond acceptors (Lipinski definition) is 6. The average molecular weight is 224 g/mol. The van der Waals surface area contributed by atoms with E-state index in [1.807, 2.05) is 0 Å². The molecule has 0 aromatic carbocycles. The lowest BCUT2D eigenvalue weighted by Crippen LogP contribution is -1.96. The van der Waals surface area contributed by atoms with Crippen LogP contribution in [0.3, 0.4) is 0 Å². The van der Waals surface area contributed by atoms with Crippen LogP contribution in [0, 0.1) is 6.92 Å². The van der Waals surface area contributed by atoms with Gasteiger partial charge < -0.3 is 9.26 Å². The second-order valence-electron chi connectivity index (χ2n) is 2.79. The summed E-state index contributed by atoms with van der Waals surface area (Å²) in [6.07, 6.45) is 0. The van der Waals surface area contributed by atoms with E-state index in [1.165, 1.54) is 18.4 Å². The highest BCUT2D eigenvalue weighted by Crippen LogP contribution is 2.25. The van der Waals surface area contributed by atoms with Gasteiger partial charge in [0.2, 0.25) is 11.7 Å². The summed E-state index contributed by atoms with van der Waals surface area (Å²) < 4.78 is 9.44. The maximum absolute atomic E-state index is 11.2. The number of nitrogens with zero attached hydrogens (tertiary/aromatic N) is 2. The quantitative estimate of drug-likeness (QED) is 0.729. The summed E-state index contributed by atoms with van der Waals surface area (Å²) in [6.45, 7) is 1.71. The van der Waals surface area contributed by atoms with Crippen molar-refractivity contribution in [2.75, 3.05) is 7.11 Å². The second-order valence-corrected chi connectivity index (χ2v) is 3.88. The maximum Gasteiger partial charge on any atom is 0.348 e. The van der Waals surface area contributed by atoms with Crippen molar-refractivity contribution < 1.29 is 14.1 Å². The highest BCUT2D eigenvalue weighted by molar-refractivity contribution is 7.17. The summed E-state index contributed by atoms with van der Waals surface area (Å²) in [5, 5.41) is 3.76. The Morgan fingerprint density at radius 2 is 2.33 bits per heavy atom. The van der Waals surface area contributed by atoms with Crippen molar-refractivity contribution in [1.82, 2.24) is 10.1 Å². The second kappa shape index (κ2) is 3.82. The molecule has 0 spiro atoms. The van der Waals surface area contributed by atoms with Crippen molar-refractivity contribution in [3.8, 4) is 10.7 Å².